The van der Waals surface area contributed by atoms with Gasteiger partial charge in [-0.15, -0.1) is 0 Å². The quantitative estimate of drug-likeness (QED) is 0.681. The van der Waals surface area contributed by atoms with Crippen molar-refractivity contribution in [2.45, 2.75) is 13.5 Å². The fourth-order valence-electron chi connectivity index (χ4n) is 1.78. The molecule has 0 radical (unpaired) electrons. The number of aryl methyl sites for hydroxylation is 1. The number of aromatic carboxylic acids is 1. The summed E-state index contributed by atoms with van der Waals surface area (Å²) in [6.07, 6.45) is 3.23. The highest BCUT2D eigenvalue weighted by Gasteiger charge is 2.14. The van der Waals surface area contributed by atoms with Crippen molar-refractivity contribution in [1.29, 1.82) is 0 Å². The second kappa shape index (κ2) is 5.87. The van der Waals surface area contributed by atoms with Crippen LogP contribution in [0.25, 0.3) is 0 Å². The van der Waals surface area contributed by atoms with Crippen LogP contribution in [0.15, 0.2) is 30.6 Å². The third-order valence-corrected chi connectivity index (χ3v) is 2.71. The molecular formula is C13H14N4O3. The number of amides is 2. The molecule has 0 aliphatic carbocycles. The molecule has 0 atom stereocenters. The molecule has 104 valence electrons. The minimum Gasteiger partial charge on any atom is -0.478 e. The lowest BCUT2D eigenvalue weighted by atomic mass is 10.1. The third kappa shape index (κ3) is 3.14. The van der Waals surface area contributed by atoms with Crippen LogP contribution in [-0.2, 0) is 6.54 Å². The lowest BCUT2D eigenvalue weighted by Crippen LogP contribution is -2.29. The predicted molar refractivity (Wildman–Crippen MR) is 72.6 cm³/mol. The molecule has 2 amide bonds. The summed E-state index contributed by atoms with van der Waals surface area (Å²) < 4.78 is 0. The highest BCUT2D eigenvalue weighted by atomic mass is 16.4. The Labute approximate surface area is 115 Å². The van der Waals surface area contributed by atoms with Crippen molar-refractivity contribution in [2.24, 2.45) is 0 Å². The molecule has 20 heavy (non-hydrogen) atoms. The Hall–Kier alpha value is -2.83. The Morgan fingerprint density at radius 1 is 1.40 bits per heavy atom. The summed E-state index contributed by atoms with van der Waals surface area (Å²) in [4.78, 5) is 29.7. The summed E-state index contributed by atoms with van der Waals surface area (Å²) in [6, 6.07) is 4.41. The van der Waals surface area contributed by atoms with E-state index in [9.17, 15) is 9.59 Å². The summed E-state index contributed by atoms with van der Waals surface area (Å²) in [5.41, 5.74) is 0.927. The zero-order chi connectivity index (χ0) is 14.5. The van der Waals surface area contributed by atoms with Crippen LogP contribution >= 0.6 is 0 Å². The van der Waals surface area contributed by atoms with E-state index in [1.807, 2.05) is 0 Å². The van der Waals surface area contributed by atoms with Gasteiger partial charge in [0.1, 0.15) is 5.82 Å². The zero-order valence-corrected chi connectivity index (χ0v) is 10.8. The van der Waals surface area contributed by atoms with Gasteiger partial charge in [0.05, 0.1) is 17.8 Å². The van der Waals surface area contributed by atoms with Crippen LogP contribution in [0, 0.1) is 6.92 Å². The number of hydrogen-bond donors (Lipinski definition) is 4. The van der Waals surface area contributed by atoms with Gasteiger partial charge in [-0.2, -0.15) is 0 Å². The van der Waals surface area contributed by atoms with Crippen molar-refractivity contribution in [3.05, 3.63) is 47.5 Å². The van der Waals surface area contributed by atoms with Crippen molar-refractivity contribution in [3.63, 3.8) is 0 Å². The molecule has 2 rings (SSSR count). The number of nitrogens with one attached hydrogen (secondary N) is 3. The first-order chi connectivity index (χ1) is 9.58. The number of aromatic amines is 1. The molecule has 0 saturated heterocycles. The van der Waals surface area contributed by atoms with E-state index < -0.39 is 12.0 Å². The minimum atomic E-state index is -1.08. The molecule has 0 spiro atoms. The number of nitrogens with zero attached hydrogens (tertiary/aromatic N) is 1. The number of aromatic nitrogens is 2. The van der Waals surface area contributed by atoms with Crippen LogP contribution in [0.3, 0.4) is 0 Å². The number of H-pyrrole nitrogens is 1. The Kier molecular flexibility index (Phi) is 3.99. The van der Waals surface area contributed by atoms with Crippen molar-refractivity contribution >= 4 is 17.7 Å². The Bertz CT molecular complexity index is 623. The van der Waals surface area contributed by atoms with Crippen molar-refractivity contribution in [1.82, 2.24) is 15.3 Å². The van der Waals surface area contributed by atoms with Crippen LogP contribution in [0.4, 0.5) is 10.5 Å². The summed E-state index contributed by atoms with van der Waals surface area (Å²) in [7, 11) is 0. The van der Waals surface area contributed by atoms with E-state index in [1.54, 1.807) is 37.5 Å². The summed E-state index contributed by atoms with van der Waals surface area (Å²) in [6.45, 7) is 1.91. The molecule has 0 fully saturated rings. The van der Waals surface area contributed by atoms with Gasteiger partial charge in [0.2, 0.25) is 0 Å². The van der Waals surface area contributed by atoms with E-state index in [0.29, 0.717) is 11.4 Å². The molecule has 0 unspecified atom stereocenters. The van der Waals surface area contributed by atoms with Gasteiger partial charge >= 0.3 is 12.0 Å². The SMILES string of the molecule is Cc1cccc(NC(=O)NCc2ncc[nH]2)c1C(=O)O. The van der Waals surface area contributed by atoms with Gasteiger partial charge in [0.25, 0.3) is 0 Å². The maximum Gasteiger partial charge on any atom is 0.338 e. The molecule has 2 aromatic rings. The van der Waals surface area contributed by atoms with E-state index in [2.05, 4.69) is 20.6 Å². The van der Waals surface area contributed by atoms with Gasteiger partial charge in [-0.1, -0.05) is 12.1 Å². The molecule has 0 saturated carbocycles. The van der Waals surface area contributed by atoms with E-state index in [1.165, 1.54) is 0 Å². The van der Waals surface area contributed by atoms with Gasteiger partial charge in [-0.3, -0.25) is 0 Å². The molecule has 7 nitrogen and oxygen atoms in total. The second-order valence-corrected chi connectivity index (χ2v) is 4.15. The number of urea groups is 1. The topological polar surface area (TPSA) is 107 Å². The zero-order valence-electron chi connectivity index (χ0n) is 10.8. The van der Waals surface area contributed by atoms with Crippen LogP contribution in [0.2, 0.25) is 0 Å². The van der Waals surface area contributed by atoms with E-state index >= 15 is 0 Å². The van der Waals surface area contributed by atoms with Crippen LogP contribution in [0.1, 0.15) is 21.7 Å². The fraction of sp³-hybridized carbons (Fsp3) is 0.154. The highest BCUT2D eigenvalue weighted by molar-refractivity contribution is 6.01. The lowest BCUT2D eigenvalue weighted by Gasteiger charge is -2.11. The maximum atomic E-state index is 11.7. The highest BCUT2D eigenvalue weighted by Crippen LogP contribution is 2.19. The smallest absolute Gasteiger partial charge is 0.338 e. The molecule has 0 bridgehead atoms. The summed E-state index contributed by atoms with van der Waals surface area (Å²) >= 11 is 0. The summed E-state index contributed by atoms with van der Waals surface area (Å²) in [5.74, 6) is -0.465. The normalized spacial score (nSPS) is 10.1. The van der Waals surface area contributed by atoms with Gasteiger partial charge < -0.3 is 20.7 Å². The van der Waals surface area contributed by atoms with Crippen LogP contribution < -0.4 is 10.6 Å². The van der Waals surface area contributed by atoms with Crippen molar-refractivity contribution < 1.29 is 14.7 Å². The third-order valence-electron chi connectivity index (χ3n) is 2.71. The van der Waals surface area contributed by atoms with Crippen LogP contribution in [0.5, 0.6) is 0 Å². The first kappa shape index (κ1) is 13.6. The molecule has 1 aromatic carbocycles. The molecule has 1 heterocycles. The van der Waals surface area contributed by atoms with Gasteiger partial charge in [0, 0.05) is 12.4 Å². The number of hydrogen-bond acceptors (Lipinski definition) is 3. The largest absolute Gasteiger partial charge is 0.478 e. The number of imidazole rings is 1. The van der Waals surface area contributed by atoms with Crippen LogP contribution in [-0.4, -0.2) is 27.1 Å². The molecule has 0 aliphatic heterocycles. The molecule has 0 aliphatic rings. The number of anilines is 1. The summed E-state index contributed by atoms with van der Waals surface area (Å²) in [5, 5.41) is 14.3. The maximum absolute atomic E-state index is 11.7. The number of benzene rings is 1. The Morgan fingerprint density at radius 2 is 2.20 bits per heavy atom. The average molecular weight is 274 g/mol. The van der Waals surface area contributed by atoms with Gasteiger partial charge in [-0.25, -0.2) is 14.6 Å². The average Bonchev–Trinajstić information content (AvgIpc) is 2.89. The lowest BCUT2D eigenvalue weighted by molar-refractivity contribution is 0.0697. The predicted octanol–water partition coefficient (Wildman–Crippen LogP) is 1.74. The van der Waals surface area contributed by atoms with E-state index in [-0.39, 0.29) is 17.8 Å². The first-order valence-corrected chi connectivity index (χ1v) is 5.94. The number of carboxylic acid groups (broad SMARTS) is 1. The number of carbonyl (C=O) groups is 2. The monoisotopic (exact) mass is 274 g/mol. The Balaban J connectivity index is 2.04. The standard InChI is InChI=1S/C13H14N4O3/c1-8-3-2-4-9(11(8)12(18)19)17-13(20)16-7-10-14-5-6-15-10/h2-6H,7H2,1H3,(H,14,15)(H,18,19)(H2,16,17,20). The number of rotatable bonds is 4. The number of carboxylic acids is 1. The second-order valence-electron chi connectivity index (χ2n) is 4.15. The molecule has 1 aromatic heterocycles. The van der Waals surface area contributed by atoms with E-state index in [4.69, 9.17) is 5.11 Å². The molecule has 4 N–H and O–H groups in total. The molecular weight excluding hydrogens is 260 g/mol. The Morgan fingerprint density at radius 3 is 2.85 bits per heavy atom. The van der Waals surface area contributed by atoms with Gasteiger partial charge in [-0.05, 0) is 18.6 Å². The molecule has 7 heteroatoms. The first-order valence-electron chi connectivity index (χ1n) is 5.94. The number of carbonyl (C=O) groups excluding carboxylic acids is 1. The fourth-order valence-corrected chi connectivity index (χ4v) is 1.78. The van der Waals surface area contributed by atoms with Crippen molar-refractivity contribution in [2.75, 3.05) is 5.32 Å². The van der Waals surface area contributed by atoms with E-state index in [0.717, 1.165) is 0 Å². The van der Waals surface area contributed by atoms with Crippen molar-refractivity contribution in [3.8, 4) is 0 Å². The van der Waals surface area contributed by atoms with Gasteiger partial charge in [0.15, 0.2) is 0 Å². The minimum absolute atomic E-state index is 0.0839.